The molecule has 0 spiro atoms. The van der Waals surface area contributed by atoms with Crippen molar-refractivity contribution in [1.29, 1.82) is 0 Å². The Kier molecular flexibility index (Phi) is 3.99. The maximum absolute atomic E-state index is 3.56. The smallest absolute Gasteiger partial charge is 0.137 e. The molecule has 3 heteroatoms. The summed E-state index contributed by atoms with van der Waals surface area (Å²) in [6.45, 7) is 2.19. The molecule has 3 nitrogen and oxygen atoms in total. The predicted octanol–water partition coefficient (Wildman–Crippen LogP) is 5.00. The lowest BCUT2D eigenvalue weighted by molar-refractivity contribution is 0.831. The van der Waals surface area contributed by atoms with Crippen molar-refractivity contribution in [3.05, 3.63) is 77.4 Å². The number of fused-ring (bicyclic) bond motifs is 4. The Hall–Kier alpha value is -2.68. The van der Waals surface area contributed by atoms with Crippen molar-refractivity contribution in [2.45, 2.75) is 32.6 Å². The van der Waals surface area contributed by atoms with E-state index in [0.717, 1.165) is 0 Å². The largest absolute Gasteiger partial charge is 0.266 e. The fourth-order valence-electron chi connectivity index (χ4n) is 3.71. The van der Waals surface area contributed by atoms with Gasteiger partial charge in [0, 0.05) is 0 Å². The van der Waals surface area contributed by atoms with Gasteiger partial charge in [0.1, 0.15) is 12.7 Å². The topological polar surface area (TPSA) is 41.6 Å². The molecule has 1 heterocycles. The minimum absolute atomic E-state index is 1.21. The number of allylic oxidation sites excluding steroid dienone is 4. The van der Waals surface area contributed by atoms with Crippen LogP contribution in [0.25, 0.3) is 16.3 Å². The van der Waals surface area contributed by atoms with Gasteiger partial charge in [-0.1, -0.05) is 53.6 Å². The zero-order chi connectivity index (χ0) is 16.4. The Morgan fingerprint density at radius 2 is 1.96 bits per heavy atom. The van der Waals surface area contributed by atoms with Crippen LogP contribution in [0.5, 0.6) is 0 Å². The summed E-state index contributed by atoms with van der Waals surface area (Å²) in [6.07, 6.45) is 12.6. The third kappa shape index (κ3) is 2.78. The van der Waals surface area contributed by atoms with E-state index in [-0.39, 0.29) is 0 Å². The van der Waals surface area contributed by atoms with Crippen molar-refractivity contribution < 1.29 is 0 Å². The Morgan fingerprint density at radius 1 is 1.04 bits per heavy atom. The van der Waals surface area contributed by atoms with Crippen LogP contribution in [-0.2, 0) is 6.42 Å². The molecule has 0 saturated carbocycles. The second-order valence-corrected chi connectivity index (χ2v) is 6.43. The van der Waals surface area contributed by atoms with Crippen molar-refractivity contribution in [3.63, 3.8) is 0 Å². The molecule has 3 aromatic rings. The summed E-state index contributed by atoms with van der Waals surface area (Å²) in [5, 5.41) is 8.83. The molecular formula is C21H21N3. The number of aromatic nitrogens is 3. The first-order valence-electron chi connectivity index (χ1n) is 8.53. The minimum Gasteiger partial charge on any atom is -0.266 e. The number of hydrogen-bond acceptors (Lipinski definition) is 2. The third-order valence-electron chi connectivity index (χ3n) is 4.86. The molecule has 0 bridgehead atoms. The number of H-pyrrole nitrogens is 1. The van der Waals surface area contributed by atoms with E-state index in [4.69, 9.17) is 0 Å². The van der Waals surface area contributed by atoms with Crippen molar-refractivity contribution >= 4 is 16.3 Å². The highest BCUT2D eigenvalue weighted by molar-refractivity contribution is 5.94. The Morgan fingerprint density at radius 3 is 2.75 bits per heavy atom. The van der Waals surface area contributed by atoms with E-state index in [1.54, 1.807) is 11.1 Å². The molecule has 0 saturated heterocycles. The molecule has 0 atom stereocenters. The standard InChI is InChI=1S/C19H18.C2H3N3/c1-13-6-7-15-9-10-17-16-5-3-2-4-14(16)8-11-18(17)19(15)12-13;1-3-2-5-4-1/h3,5-7,9-10,12H,2,4,8,11H2,1H3;1-2H,(H,3,4,5). The maximum Gasteiger partial charge on any atom is 0.137 e. The van der Waals surface area contributed by atoms with E-state index in [2.05, 4.69) is 64.6 Å². The molecule has 0 amide bonds. The van der Waals surface area contributed by atoms with Gasteiger partial charge in [0.25, 0.3) is 0 Å². The molecule has 1 aromatic heterocycles. The lowest BCUT2D eigenvalue weighted by atomic mass is 9.79. The van der Waals surface area contributed by atoms with Gasteiger partial charge in [-0.3, -0.25) is 5.10 Å². The number of rotatable bonds is 0. The molecule has 120 valence electrons. The van der Waals surface area contributed by atoms with Gasteiger partial charge in [-0.05, 0) is 60.1 Å². The predicted molar refractivity (Wildman–Crippen MR) is 98.7 cm³/mol. The zero-order valence-corrected chi connectivity index (χ0v) is 13.9. The molecule has 0 radical (unpaired) electrons. The lowest BCUT2D eigenvalue weighted by Crippen LogP contribution is -2.07. The second kappa shape index (κ2) is 6.44. The summed E-state index contributed by atoms with van der Waals surface area (Å²) < 4.78 is 0. The highest BCUT2D eigenvalue weighted by Gasteiger charge is 2.20. The number of nitrogens with one attached hydrogen (secondary N) is 1. The number of hydrogen-bond donors (Lipinski definition) is 1. The van der Waals surface area contributed by atoms with Gasteiger partial charge in [-0.15, -0.1) is 0 Å². The minimum atomic E-state index is 1.21. The van der Waals surface area contributed by atoms with Crippen LogP contribution in [-0.4, -0.2) is 15.2 Å². The van der Waals surface area contributed by atoms with Gasteiger partial charge < -0.3 is 0 Å². The number of benzene rings is 2. The summed E-state index contributed by atoms with van der Waals surface area (Å²) in [7, 11) is 0. The van der Waals surface area contributed by atoms with E-state index in [1.807, 2.05) is 0 Å². The molecule has 24 heavy (non-hydrogen) atoms. The molecule has 2 aromatic carbocycles. The normalized spacial score (nSPS) is 15.5. The average molecular weight is 315 g/mol. The van der Waals surface area contributed by atoms with E-state index in [0.29, 0.717) is 0 Å². The van der Waals surface area contributed by atoms with Crippen molar-refractivity contribution in [3.8, 4) is 0 Å². The number of aryl methyl sites for hydroxylation is 2. The van der Waals surface area contributed by atoms with Gasteiger partial charge in [0.15, 0.2) is 0 Å². The molecule has 2 aliphatic carbocycles. The van der Waals surface area contributed by atoms with Gasteiger partial charge >= 0.3 is 0 Å². The maximum atomic E-state index is 3.56. The lowest BCUT2D eigenvalue weighted by Gasteiger charge is -2.25. The average Bonchev–Trinajstić information content (AvgIpc) is 3.21. The Labute approximate surface area is 142 Å². The fraction of sp³-hybridized carbons (Fsp3) is 0.238. The molecule has 0 unspecified atom stereocenters. The van der Waals surface area contributed by atoms with Crippen LogP contribution in [0.15, 0.2) is 60.7 Å². The monoisotopic (exact) mass is 315 g/mol. The first-order valence-corrected chi connectivity index (χ1v) is 8.53. The number of aromatic amines is 1. The highest BCUT2D eigenvalue weighted by atomic mass is 15.2. The van der Waals surface area contributed by atoms with Crippen LogP contribution in [0.3, 0.4) is 0 Å². The summed E-state index contributed by atoms with van der Waals surface area (Å²) >= 11 is 0. The Bertz CT molecular complexity index is 900. The summed E-state index contributed by atoms with van der Waals surface area (Å²) in [6, 6.07) is 11.4. The first-order chi connectivity index (χ1) is 11.8. The van der Waals surface area contributed by atoms with Crippen LogP contribution < -0.4 is 0 Å². The highest BCUT2D eigenvalue weighted by Crippen LogP contribution is 2.39. The first kappa shape index (κ1) is 14.9. The van der Waals surface area contributed by atoms with E-state index in [9.17, 15) is 0 Å². The van der Waals surface area contributed by atoms with Crippen LogP contribution in [0.2, 0.25) is 0 Å². The van der Waals surface area contributed by atoms with Crippen molar-refractivity contribution in [2.75, 3.05) is 0 Å². The molecular weight excluding hydrogens is 294 g/mol. The number of nitrogens with zero attached hydrogens (tertiary/aromatic N) is 2. The quantitative estimate of drug-likeness (QED) is 0.634. The molecule has 1 N–H and O–H groups in total. The van der Waals surface area contributed by atoms with Crippen LogP contribution in [0.1, 0.15) is 36.0 Å². The summed E-state index contributed by atoms with van der Waals surface area (Å²) in [4.78, 5) is 3.56. The van der Waals surface area contributed by atoms with Crippen molar-refractivity contribution in [2.24, 2.45) is 0 Å². The molecule has 0 aliphatic heterocycles. The van der Waals surface area contributed by atoms with E-state index < -0.39 is 0 Å². The van der Waals surface area contributed by atoms with Crippen LogP contribution in [0, 0.1) is 6.92 Å². The molecule has 2 aliphatic rings. The zero-order valence-electron chi connectivity index (χ0n) is 13.9. The van der Waals surface area contributed by atoms with Crippen molar-refractivity contribution in [1.82, 2.24) is 15.2 Å². The molecule has 5 rings (SSSR count). The summed E-state index contributed by atoms with van der Waals surface area (Å²) in [5.41, 5.74) is 7.58. The van der Waals surface area contributed by atoms with Gasteiger partial charge in [0.2, 0.25) is 0 Å². The van der Waals surface area contributed by atoms with Gasteiger partial charge in [-0.25, -0.2) is 4.98 Å². The Balaban J connectivity index is 0.000000252. The van der Waals surface area contributed by atoms with Crippen LogP contribution in [0.4, 0.5) is 0 Å². The fourth-order valence-corrected chi connectivity index (χ4v) is 3.71. The third-order valence-corrected chi connectivity index (χ3v) is 4.86. The van der Waals surface area contributed by atoms with Crippen LogP contribution >= 0.6 is 0 Å². The molecule has 0 fully saturated rings. The van der Waals surface area contributed by atoms with E-state index >= 15 is 0 Å². The summed E-state index contributed by atoms with van der Waals surface area (Å²) in [5.74, 6) is 0. The SMILES string of the molecule is Cc1ccc2ccc3c(c2c1)CCC1=C3C=CCC1.c1nc[nH]n1. The van der Waals surface area contributed by atoms with Gasteiger partial charge in [0.05, 0.1) is 0 Å². The van der Waals surface area contributed by atoms with E-state index in [1.165, 1.54) is 65.8 Å². The second-order valence-electron chi connectivity index (χ2n) is 6.43. The van der Waals surface area contributed by atoms with Gasteiger partial charge in [-0.2, -0.15) is 5.10 Å².